The Hall–Kier alpha value is -1.39. The van der Waals surface area contributed by atoms with Crippen LogP contribution in [-0.2, 0) is 0 Å². The second-order valence-electron chi connectivity index (χ2n) is 4.89. The van der Waals surface area contributed by atoms with Crippen LogP contribution in [0.1, 0.15) is 21.5 Å². The van der Waals surface area contributed by atoms with Crippen LogP contribution in [0.4, 0.5) is 0 Å². The number of nitrogens with two attached hydrogens (primary N) is 1. The van der Waals surface area contributed by atoms with Crippen LogP contribution in [0.5, 0.6) is 0 Å². The molecule has 0 radical (unpaired) electrons. The monoisotopic (exact) mass is 247 g/mol. The van der Waals surface area contributed by atoms with Crippen LogP contribution >= 0.6 is 0 Å². The number of nitrogens with zero attached hydrogens (tertiary/aromatic N) is 1. The van der Waals surface area contributed by atoms with E-state index in [2.05, 4.69) is 12.2 Å². The molecule has 2 rings (SSSR count). The molecule has 4 heteroatoms. The van der Waals surface area contributed by atoms with Crippen molar-refractivity contribution in [2.75, 3.05) is 26.2 Å². The van der Waals surface area contributed by atoms with E-state index in [-0.39, 0.29) is 11.9 Å². The fourth-order valence-electron chi connectivity index (χ4n) is 2.28. The Labute approximate surface area is 108 Å². The molecule has 1 heterocycles. The van der Waals surface area contributed by atoms with E-state index in [0.717, 1.165) is 30.8 Å². The van der Waals surface area contributed by atoms with Gasteiger partial charge in [0, 0.05) is 31.7 Å². The van der Waals surface area contributed by atoms with Crippen molar-refractivity contribution in [2.24, 2.45) is 5.73 Å². The lowest BCUT2D eigenvalue weighted by Crippen LogP contribution is -2.56. The smallest absolute Gasteiger partial charge is 0.254 e. The molecule has 1 unspecified atom stereocenters. The molecule has 0 aliphatic carbocycles. The van der Waals surface area contributed by atoms with E-state index < -0.39 is 0 Å². The summed E-state index contributed by atoms with van der Waals surface area (Å²) in [6.07, 6.45) is 0. The summed E-state index contributed by atoms with van der Waals surface area (Å²) in [7, 11) is 0. The SMILES string of the molecule is Cc1ccc(C(=O)N2CCNCC2CN)cc1C. The zero-order valence-electron chi connectivity index (χ0n) is 11.1. The second-order valence-corrected chi connectivity index (χ2v) is 4.89. The van der Waals surface area contributed by atoms with Crippen molar-refractivity contribution in [3.05, 3.63) is 34.9 Å². The Morgan fingerprint density at radius 1 is 1.44 bits per heavy atom. The molecule has 1 saturated heterocycles. The quantitative estimate of drug-likeness (QED) is 0.808. The standard InChI is InChI=1S/C14H21N3O/c1-10-3-4-12(7-11(10)2)14(18)17-6-5-16-9-13(17)8-15/h3-4,7,13,16H,5-6,8-9,15H2,1-2H3. The van der Waals surface area contributed by atoms with Gasteiger partial charge in [0.25, 0.3) is 5.91 Å². The first-order valence-electron chi connectivity index (χ1n) is 6.42. The highest BCUT2D eigenvalue weighted by molar-refractivity contribution is 5.94. The zero-order chi connectivity index (χ0) is 13.1. The minimum atomic E-state index is 0.0926. The Kier molecular flexibility index (Phi) is 3.99. The number of amides is 1. The van der Waals surface area contributed by atoms with Crippen molar-refractivity contribution in [3.8, 4) is 0 Å². The van der Waals surface area contributed by atoms with Crippen molar-refractivity contribution in [2.45, 2.75) is 19.9 Å². The molecule has 0 aromatic heterocycles. The zero-order valence-corrected chi connectivity index (χ0v) is 11.1. The highest BCUT2D eigenvalue weighted by Gasteiger charge is 2.26. The summed E-state index contributed by atoms with van der Waals surface area (Å²) in [5, 5.41) is 3.27. The first kappa shape index (κ1) is 13.1. The predicted molar refractivity (Wildman–Crippen MR) is 72.7 cm³/mol. The molecular weight excluding hydrogens is 226 g/mol. The lowest BCUT2D eigenvalue weighted by Gasteiger charge is -2.35. The van der Waals surface area contributed by atoms with Gasteiger partial charge in [-0.15, -0.1) is 0 Å². The summed E-state index contributed by atoms with van der Waals surface area (Å²) in [6, 6.07) is 5.98. The predicted octanol–water partition coefficient (Wildman–Crippen LogP) is 0.676. The van der Waals surface area contributed by atoms with Crippen LogP contribution in [-0.4, -0.2) is 43.0 Å². The second kappa shape index (κ2) is 5.50. The van der Waals surface area contributed by atoms with E-state index in [9.17, 15) is 4.79 Å². The number of rotatable bonds is 2. The van der Waals surface area contributed by atoms with Crippen molar-refractivity contribution in [3.63, 3.8) is 0 Å². The summed E-state index contributed by atoms with van der Waals surface area (Å²) >= 11 is 0. The topological polar surface area (TPSA) is 58.4 Å². The number of hydrogen-bond donors (Lipinski definition) is 2. The number of piperazine rings is 1. The largest absolute Gasteiger partial charge is 0.332 e. The molecule has 98 valence electrons. The van der Waals surface area contributed by atoms with E-state index in [1.807, 2.05) is 30.0 Å². The molecule has 1 aliphatic heterocycles. The summed E-state index contributed by atoms with van der Waals surface area (Å²) in [5.41, 5.74) is 8.86. The van der Waals surface area contributed by atoms with Gasteiger partial charge in [-0.05, 0) is 37.1 Å². The summed E-state index contributed by atoms with van der Waals surface area (Å²) in [4.78, 5) is 14.4. The molecular formula is C14H21N3O. The van der Waals surface area contributed by atoms with E-state index in [4.69, 9.17) is 5.73 Å². The van der Waals surface area contributed by atoms with Crippen LogP contribution in [0.25, 0.3) is 0 Å². The molecule has 0 spiro atoms. The minimum absolute atomic E-state index is 0.0926. The maximum absolute atomic E-state index is 12.5. The fourth-order valence-corrected chi connectivity index (χ4v) is 2.28. The van der Waals surface area contributed by atoms with Gasteiger partial charge in [0.05, 0.1) is 6.04 Å². The number of hydrogen-bond acceptors (Lipinski definition) is 3. The first-order chi connectivity index (χ1) is 8.63. The average molecular weight is 247 g/mol. The van der Waals surface area contributed by atoms with E-state index in [1.54, 1.807) is 0 Å². The van der Waals surface area contributed by atoms with Gasteiger partial charge in [-0.1, -0.05) is 6.07 Å². The molecule has 1 aliphatic rings. The van der Waals surface area contributed by atoms with Crippen LogP contribution in [0.15, 0.2) is 18.2 Å². The van der Waals surface area contributed by atoms with Crippen molar-refractivity contribution < 1.29 is 4.79 Å². The summed E-state index contributed by atoms with van der Waals surface area (Å²) in [6.45, 7) is 6.94. The first-order valence-corrected chi connectivity index (χ1v) is 6.42. The van der Waals surface area contributed by atoms with Gasteiger partial charge >= 0.3 is 0 Å². The third-order valence-corrected chi connectivity index (χ3v) is 3.64. The maximum atomic E-state index is 12.5. The third kappa shape index (κ3) is 2.54. The molecule has 4 nitrogen and oxygen atoms in total. The lowest BCUT2D eigenvalue weighted by atomic mass is 10.0. The molecule has 1 fully saturated rings. The van der Waals surface area contributed by atoms with Crippen LogP contribution in [0.3, 0.4) is 0 Å². The van der Waals surface area contributed by atoms with Crippen molar-refractivity contribution in [1.29, 1.82) is 0 Å². The Balaban J connectivity index is 2.21. The Morgan fingerprint density at radius 3 is 2.89 bits per heavy atom. The lowest BCUT2D eigenvalue weighted by molar-refractivity contribution is 0.0644. The number of carbonyl (C=O) groups is 1. The van der Waals surface area contributed by atoms with Crippen molar-refractivity contribution >= 4 is 5.91 Å². The summed E-state index contributed by atoms with van der Waals surface area (Å²) < 4.78 is 0. The van der Waals surface area contributed by atoms with E-state index in [1.165, 1.54) is 5.56 Å². The third-order valence-electron chi connectivity index (χ3n) is 3.64. The number of carbonyl (C=O) groups excluding carboxylic acids is 1. The van der Waals surface area contributed by atoms with E-state index in [0.29, 0.717) is 6.54 Å². The van der Waals surface area contributed by atoms with Gasteiger partial charge in [-0.2, -0.15) is 0 Å². The van der Waals surface area contributed by atoms with Gasteiger partial charge in [0.15, 0.2) is 0 Å². The fraction of sp³-hybridized carbons (Fsp3) is 0.500. The van der Waals surface area contributed by atoms with Gasteiger partial charge < -0.3 is 16.0 Å². The van der Waals surface area contributed by atoms with Crippen LogP contribution in [0.2, 0.25) is 0 Å². The average Bonchev–Trinajstić information content (AvgIpc) is 2.41. The molecule has 0 saturated carbocycles. The molecule has 3 N–H and O–H groups in total. The van der Waals surface area contributed by atoms with Crippen molar-refractivity contribution in [1.82, 2.24) is 10.2 Å². The molecule has 1 aromatic carbocycles. The van der Waals surface area contributed by atoms with Crippen LogP contribution < -0.4 is 11.1 Å². The van der Waals surface area contributed by atoms with Gasteiger partial charge in [0.1, 0.15) is 0 Å². The Morgan fingerprint density at radius 2 is 2.22 bits per heavy atom. The number of aryl methyl sites for hydroxylation is 2. The van der Waals surface area contributed by atoms with Crippen LogP contribution in [0, 0.1) is 13.8 Å². The molecule has 18 heavy (non-hydrogen) atoms. The number of nitrogens with one attached hydrogen (secondary N) is 1. The highest BCUT2D eigenvalue weighted by atomic mass is 16.2. The van der Waals surface area contributed by atoms with E-state index >= 15 is 0 Å². The van der Waals surface area contributed by atoms with Gasteiger partial charge in [-0.25, -0.2) is 0 Å². The maximum Gasteiger partial charge on any atom is 0.254 e. The summed E-state index contributed by atoms with van der Waals surface area (Å²) in [5.74, 6) is 0.0926. The molecule has 1 amide bonds. The normalized spacial score (nSPS) is 19.9. The molecule has 1 atom stereocenters. The van der Waals surface area contributed by atoms with Gasteiger partial charge in [-0.3, -0.25) is 4.79 Å². The molecule has 0 bridgehead atoms. The Bertz CT molecular complexity index is 445. The highest BCUT2D eigenvalue weighted by Crippen LogP contribution is 2.14. The number of benzene rings is 1. The minimum Gasteiger partial charge on any atom is -0.332 e. The molecule has 1 aromatic rings. The van der Waals surface area contributed by atoms with Gasteiger partial charge in [0.2, 0.25) is 0 Å².